The molecule has 2 heterocycles. The van der Waals surface area contributed by atoms with E-state index in [1.54, 1.807) is 12.1 Å². The summed E-state index contributed by atoms with van der Waals surface area (Å²) < 4.78 is 2.12. The lowest BCUT2D eigenvalue weighted by atomic mass is 10.1. The Morgan fingerprint density at radius 2 is 2.35 bits per heavy atom. The van der Waals surface area contributed by atoms with E-state index >= 15 is 0 Å². The number of benzene rings is 1. The smallest absolute Gasteiger partial charge is 0.117 e. The van der Waals surface area contributed by atoms with Gasteiger partial charge in [-0.15, -0.1) is 0 Å². The molecule has 1 fully saturated rings. The zero-order chi connectivity index (χ0) is 11.7. The van der Waals surface area contributed by atoms with Gasteiger partial charge < -0.3 is 15.0 Å². The van der Waals surface area contributed by atoms with Crippen molar-refractivity contribution >= 4 is 11.0 Å². The molecule has 4 nitrogen and oxygen atoms in total. The molecule has 0 bridgehead atoms. The fraction of sp³-hybridized carbons (Fsp3) is 0.462. The third-order valence-electron chi connectivity index (χ3n) is 3.43. The zero-order valence-electron chi connectivity index (χ0n) is 9.76. The van der Waals surface area contributed by atoms with Crippen molar-refractivity contribution in [1.82, 2.24) is 14.9 Å². The van der Waals surface area contributed by atoms with Crippen LogP contribution in [0.4, 0.5) is 0 Å². The third kappa shape index (κ3) is 2.13. The van der Waals surface area contributed by atoms with E-state index in [2.05, 4.69) is 14.9 Å². The average molecular weight is 231 g/mol. The molecule has 1 saturated heterocycles. The second kappa shape index (κ2) is 4.37. The summed E-state index contributed by atoms with van der Waals surface area (Å²) in [5, 5.41) is 13.0. The van der Waals surface area contributed by atoms with E-state index in [4.69, 9.17) is 0 Å². The first kappa shape index (κ1) is 10.6. The van der Waals surface area contributed by atoms with E-state index < -0.39 is 0 Å². The van der Waals surface area contributed by atoms with Crippen LogP contribution in [0.1, 0.15) is 19.3 Å². The quantitative estimate of drug-likeness (QED) is 0.829. The van der Waals surface area contributed by atoms with Crippen molar-refractivity contribution < 1.29 is 5.11 Å². The number of imidazole rings is 1. The van der Waals surface area contributed by atoms with Gasteiger partial charge in [-0.3, -0.25) is 0 Å². The minimum absolute atomic E-state index is 0.302. The number of aromatic nitrogens is 2. The number of fused-ring (bicyclic) bond motifs is 1. The second-order valence-electron chi connectivity index (χ2n) is 4.72. The SMILES string of the molecule is Oc1ccc2ncn(CC3CCCCN3)c2c1. The number of aromatic hydroxyl groups is 1. The Kier molecular flexibility index (Phi) is 2.73. The highest BCUT2D eigenvalue weighted by molar-refractivity contribution is 5.76. The molecule has 0 saturated carbocycles. The minimum atomic E-state index is 0.302. The van der Waals surface area contributed by atoms with E-state index in [0.29, 0.717) is 11.8 Å². The van der Waals surface area contributed by atoms with E-state index in [0.717, 1.165) is 24.1 Å². The van der Waals surface area contributed by atoms with Gasteiger partial charge in [-0.2, -0.15) is 0 Å². The maximum absolute atomic E-state index is 9.52. The maximum Gasteiger partial charge on any atom is 0.117 e. The van der Waals surface area contributed by atoms with Crippen LogP contribution >= 0.6 is 0 Å². The summed E-state index contributed by atoms with van der Waals surface area (Å²) >= 11 is 0. The number of rotatable bonds is 2. The van der Waals surface area contributed by atoms with Gasteiger partial charge in [0.25, 0.3) is 0 Å². The molecule has 3 rings (SSSR count). The molecule has 0 amide bonds. The summed E-state index contributed by atoms with van der Waals surface area (Å²) in [5.74, 6) is 0.302. The zero-order valence-corrected chi connectivity index (χ0v) is 9.76. The number of phenolic OH excluding ortho intramolecular Hbond substituents is 1. The van der Waals surface area contributed by atoms with E-state index in [1.165, 1.54) is 19.3 Å². The highest BCUT2D eigenvalue weighted by atomic mass is 16.3. The molecule has 0 spiro atoms. The molecule has 1 aromatic heterocycles. The van der Waals surface area contributed by atoms with Gasteiger partial charge in [0.2, 0.25) is 0 Å². The topological polar surface area (TPSA) is 50.1 Å². The largest absolute Gasteiger partial charge is 0.508 e. The normalized spacial score (nSPS) is 20.8. The summed E-state index contributed by atoms with van der Waals surface area (Å²) in [5.41, 5.74) is 1.95. The van der Waals surface area contributed by atoms with Gasteiger partial charge in [0.05, 0.1) is 17.4 Å². The van der Waals surface area contributed by atoms with E-state index in [-0.39, 0.29) is 0 Å². The number of nitrogens with one attached hydrogen (secondary N) is 1. The van der Waals surface area contributed by atoms with Gasteiger partial charge in [-0.1, -0.05) is 6.42 Å². The summed E-state index contributed by atoms with van der Waals surface area (Å²) in [6.45, 7) is 2.04. The molecule has 2 aromatic rings. The molecule has 1 aromatic carbocycles. The fourth-order valence-electron chi connectivity index (χ4n) is 2.51. The van der Waals surface area contributed by atoms with Crippen LogP contribution in [0.15, 0.2) is 24.5 Å². The van der Waals surface area contributed by atoms with Gasteiger partial charge in [0, 0.05) is 18.7 Å². The van der Waals surface area contributed by atoms with Crippen molar-refractivity contribution in [1.29, 1.82) is 0 Å². The number of hydrogen-bond acceptors (Lipinski definition) is 3. The van der Waals surface area contributed by atoms with Gasteiger partial charge in [-0.05, 0) is 31.5 Å². The van der Waals surface area contributed by atoms with Gasteiger partial charge in [0.15, 0.2) is 0 Å². The van der Waals surface area contributed by atoms with Crippen LogP contribution in [0, 0.1) is 0 Å². The minimum Gasteiger partial charge on any atom is -0.508 e. The summed E-state index contributed by atoms with van der Waals surface area (Å²) in [4.78, 5) is 4.35. The molecule has 1 aliphatic rings. The van der Waals surface area contributed by atoms with Crippen LogP contribution in [-0.4, -0.2) is 27.2 Å². The molecule has 4 heteroatoms. The molecule has 1 atom stereocenters. The van der Waals surface area contributed by atoms with Crippen LogP contribution in [0.3, 0.4) is 0 Å². The van der Waals surface area contributed by atoms with Crippen molar-refractivity contribution in [3.05, 3.63) is 24.5 Å². The van der Waals surface area contributed by atoms with Gasteiger partial charge in [-0.25, -0.2) is 4.98 Å². The van der Waals surface area contributed by atoms with Crippen molar-refractivity contribution in [2.24, 2.45) is 0 Å². The van der Waals surface area contributed by atoms with Crippen LogP contribution in [0.25, 0.3) is 11.0 Å². The average Bonchev–Trinajstić information content (AvgIpc) is 2.73. The molecule has 0 radical (unpaired) electrons. The first-order valence-corrected chi connectivity index (χ1v) is 6.20. The Hall–Kier alpha value is -1.55. The van der Waals surface area contributed by atoms with Crippen molar-refractivity contribution in [2.45, 2.75) is 31.8 Å². The summed E-state index contributed by atoms with van der Waals surface area (Å²) in [7, 11) is 0. The Morgan fingerprint density at radius 1 is 1.41 bits per heavy atom. The highest BCUT2D eigenvalue weighted by Gasteiger charge is 2.14. The standard InChI is InChI=1S/C13H17N3O/c17-11-4-5-12-13(7-11)16(9-15-12)8-10-3-1-2-6-14-10/h4-5,7,9-10,14,17H,1-3,6,8H2. The molecule has 1 unspecified atom stereocenters. The molecular formula is C13H17N3O. The third-order valence-corrected chi connectivity index (χ3v) is 3.43. The van der Waals surface area contributed by atoms with Crippen LogP contribution < -0.4 is 5.32 Å². The first-order chi connectivity index (χ1) is 8.33. The molecular weight excluding hydrogens is 214 g/mol. The first-order valence-electron chi connectivity index (χ1n) is 6.20. The number of hydrogen-bond donors (Lipinski definition) is 2. The van der Waals surface area contributed by atoms with Crippen LogP contribution in [0.5, 0.6) is 5.75 Å². The Labute approximate surface area is 100 Å². The predicted molar refractivity (Wildman–Crippen MR) is 67.0 cm³/mol. The van der Waals surface area contributed by atoms with Crippen LogP contribution in [0.2, 0.25) is 0 Å². The maximum atomic E-state index is 9.52. The Balaban J connectivity index is 1.86. The highest BCUT2D eigenvalue weighted by Crippen LogP contribution is 2.20. The second-order valence-corrected chi connectivity index (χ2v) is 4.72. The lowest BCUT2D eigenvalue weighted by Gasteiger charge is -2.23. The summed E-state index contributed by atoms with van der Waals surface area (Å²) in [6.07, 6.45) is 5.66. The van der Waals surface area contributed by atoms with E-state index in [1.807, 2.05) is 12.4 Å². The van der Waals surface area contributed by atoms with Crippen LogP contribution in [-0.2, 0) is 6.54 Å². The lowest BCUT2D eigenvalue weighted by Crippen LogP contribution is -2.37. The Bertz CT molecular complexity index is 514. The fourth-order valence-corrected chi connectivity index (χ4v) is 2.51. The summed E-state index contributed by atoms with van der Waals surface area (Å²) in [6, 6.07) is 5.85. The van der Waals surface area contributed by atoms with Crippen molar-refractivity contribution in [3.63, 3.8) is 0 Å². The molecule has 2 N–H and O–H groups in total. The van der Waals surface area contributed by atoms with Crippen molar-refractivity contribution in [2.75, 3.05) is 6.54 Å². The molecule has 17 heavy (non-hydrogen) atoms. The van der Waals surface area contributed by atoms with Gasteiger partial charge in [0.1, 0.15) is 5.75 Å². The predicted octanol–water partition coefficient (Wildman–Crippen LogP) is 1.88. The number of phenols is 1. The number of piperidine rings is 1. The monoisotopic (exact) mass is 231 g/mol. The Morgan fingerprint density at radius 3 is 3.18 bits per heavy atom. The molecule has 0 aliphatic carbocycles. The van der Waals surface area contributed by atoms with E-state index in [9.17, 15) is 5.11 Å². The van der Waals surface area contributed by atoms with Crippen molar-refractivity contribution in [3.8, 4) is 5.75 Å². The lowest BCUT2D eigenvalue weighted by molar-refractivity contribution is 0.366. The molecule has 1 aliphatic heterocycles. The number of nitrogens with zero attached hydrogens (tertiary/aromatic N) is 2. The van der Waals surface area contributed by atoms with Gasteiger partial charge >= 0.3 is 0 Å². The molecule has 90 valence electrons.